The third kappa shape index (κ3) is 12.0. The van der Waals surface area contributed by atoms with Crippen LogP contribution in [0.5, 0.6) is 0 Å². The van der Waals surface area contributed by atoms with Crippen molar-refractivity contribution in [2.24, 2.45) is 11.7 Å². The second-order valence-electron chi connectivity index (χ2n) is 9.15. The van der Waals surface area contributed by atoms with Crippen molar-refractivity contribution in [3.63, 3.8) is 0 Å². The van der Waals surface area contributed by atoms with Gasteiger partial charge in [-0.15, -0.1) is 11.6 Å². The minimum atomic E-state index is -1.76. The van der Waals surface area contributed by atoms with E-state index in [1.165, 1.54) is 12.5 Å². The zero-order valence-electron chi connectivity index (χ0n) is 21.4. The van der Waals surface area contributed by atoms with E-state index in [0.29, 0.717) is 12.1 Å². The molecule has 4 atom stereocenters. The Morgan fingerprint density at radius 3 is 2.05 bits per heavy atom. The summed E-state index contributed by atoms with van der Waals surface area (Å²) in [7, 11) is 0. The second kappa shape index (κ2) is 16.2. The van der Waals surface area contributed by atoms with E-state index in [4.69, 9.17) is 27.5 Å². The molecule has 16 heteroatoms. The number of nitrogens with one attached hydrogen (secondary N) is 4. The van der Waals surface area contributed by atoms with Crippen molar-refractivity contribution < 1.29 is 43.8 Å². The van der Waals surface area contributed by atoms with Crippen molar-refractivity contribution in [1.29, 1.82) is 0 Å². The van der Waals surface area contributed by atoms with E-state index < -0.39 is 84.1 Å². The fourth-order valence-electron chi connectivity index (χ4n) is 3.44. The van der Waals surface area contributed by atoms with Gasteiger partial charge in [0.2, 0.25) is 29.3 Å². The first-order valence-corrected chi connectivity index (χ1v) is 12.5. The van der Waals surface area contributed by atoms with Crippen LogP contribution in [0, 0.1) is 5.92 Å². The van der Waals surface area contributed by atoms with E-state index in [-0.39, 0.29) is 18.8 Å². The number of amides is 3. The summed E-state index contributed by atoms with van der Waals surface area (Å²) < 4.78 is 0. The zero-order valence-corrected chi connectivity index (χ0v) is 22.2. The number of carbonyl (C=O) groups is 7. The molecule has 0 spiro atoms. The van der Waals surface area contributed by atoms with Gasteiger partial charge in [-0.25, -0.2) is 4.98 Å². The Hall–Kier alpha value is -3.85. The minimum Gasteiger partial charge on any atom is -0.481 e. The number of hydrogen-bond acceptors (Lipinski definition) is 9. The Morgan fingerprint density at radius 1 is 0.949 bits per heavy atom. The smallest absolute Gasteiger partial charge is 0.305 e. The normalized spacial score (nSPS) is 14.0. The van der Waals surface area contributed by atoms with Gasteiger partial charge >= 0.3 is 11.9 Å². The number of nitrogens with two attached hydrogens (primary N) is 1. The maximum absolute atomic E-state index is 13.1. The Bertz CT molecular complexity index is 1050. The standard InChI is InChI=1S/C23H33ClN6O9/c1-11(2)5-13(25)21(37)28-14(3-4-18(32)33)22(38)30-16(6-12-9-26-10-27-12)23(39)29-15(7-19(34)35)20(36)17(31)8-24/h9-11,13-16H,3-8,25H2,1-2H3,(H,26,27)(H,28,37)(H,29,39)(H,30,38)(H,32,33)(H,34,35)/t13-,14-,15-,16-/m0/s1. The maximum Gasteiger partial charge on any atom is 0.305 e. The highest BCUT2D eigenvalue weighted by molar-refractivity contribution is 6.48. The predicted molar refractivity (Wildman–Crippen MR) is 135 cm³/mol. The molecular formula is C23H33ClN6O9. The van der Waals surface area contributed by atoms with Gasteiger partial charge in [0, 0.05) is 24.7 Å². The van der Waals surface area contributed by atoms with Crippen LogP contribution in [0.4, 0.5) is 0 Å². The molecule has 3 amide bonds. The quantitative estimate of drug-likeness (QED) is 0.0786. The largest absolute Gasteiger partial charge is 0.481 e. The lowest BCUT2D eigenvalue weighted by Gasteiger charge is -2.25. The first kappa shape index (κ1) is 33.2. The van der Waals surface area contributed by atoms with Crippen molar-refractivity contribution in [3.8, 4) is 0 Å². The minimum absolute atomic E-state index is 0.0617. The number of aromatic amines is 1. The lowest BCUT2D eigenvalue weighted by atomic mass is 10.0. The molecule has 1 aromatic rings. The second-order valence-corrected chi connectivity index (χ2v) is 9.42. The maximum atomic E-state index is 13.1. The fourth-order valence-corrected chi connectivity index (χ4v) is 3.58. The SMILES string of the molecule is CC(C)C[C@H](N)C(=O)N[C@@H](CCC(=O)O)C(=O)N[C@@H](Cc1cnc[nH]1)C(=O)N[C@@H](CC(=O)O)C(=O)C(=O)CCl. The van der Waals surface area contributed by atoms with E-state index in [2.05, 4.69) is 25.9 Å². The number of aliphatic carboxylic acids is 2. The molecule has 1 aromatic heterocycles. The third-order valence-electron chi connectivity index (χ3n) is 5.36. The van der Waals surface area contributed by atoms with Gasteiger partial charge in [0.25, 0.3) is 0 Å². The molecule has 0 unspecified atom stereocenters. The number of ketones is 2. The summed E-state index contributed by atoms with van der Waals surface area (Å²) in [5.74, 6) is -8.41. The Labute approximate surface area is 228 Å². The van der Waals surface area contributed by atoms with Gasteiger partial charge in [0.15, 0.2) is 0 Å². The van der Waals surface area contributed by atoms with Crippen LogP contribution in [0.1, 0.15) is 45.2 Å². The molecule has 0 fully saturated rings. The lowest BCUT2D eigenvalue weighted by molar-refractivity contribution is -0.143. The number of carboxylic acids is 2. The molecule has 39 heavy (non-hydrogen) atoms. The predicted octanol–water partition coefficient (Wildman–Crippen LogP) is -1.50. The molecule has 0 bridgehead atoms. The summed E-state index contributed by atoms with van der Waals surface area (Å²) in [4.78, 5) is 91.7. The van der Waals surface area contributed by atoms with E-state index >= 15 is 0 Å². The molecule has 0 saturated carbocycles. The van der Waals surface area contributed by atoms with Crippen LogP contribution in [-0.4, -0.2) is 91.5 Å². The summed E-state index contributed by atoms with van der Waals surface area (Å²) in [5.41, 5.74) is 6.23. The van der Waals surface area contributed by atoms with Crippen LogP contribution in [0.2, 0.25) is 0 Å². The third-order valence-corrected chi connectivity index (χ3v) is 5.60. The van der Waals surface area contributed by atoms with Gasteiger partial charge in [-0.1, -0.05) is 13.8 Å². The topological polar surface area (TPSA) is 251 Å². The number of carboxylic acid groups (broad SMARTS) is 2. The Balaban J connectivity index is 3.19. The molecule has 0 aliphatic heterocycles. The van der Waals surface area contributed by atoms with E-state index in [1.54, 1.807) is 0 Å². The van der Waals surface area contributed by atoms with Crippen molar-refractivity contribution in [2.45, 2.75) is 70.1 Å². The highest BCUT2D eigenvalue weighted by atomic mass is 35.5. The average molecular weight is 573 g/mol. The number of alkyl halides is 1. The van der Waals surface area contributed by atoms with E-state index in [1.807, 2.05) is 13.8 Å². The van der Waals surface area contributed by atoms with Crippen LogP contribution in [-0.2, 0) is 40.0 Å². The van der Waals surface area contributed by atoms with Crippen LogP contribution >= 0.6 is 11.6 Å². The first-order valence-electron chi connectivity index (χ1n) is 12.0. The summed E-state index contributed by atoms with van der Waals surface area (Å²) in [6.45, 7) is 3.67. The van der Waals surface area contributed by atoms with Gasteiger partial charge in [-0.2, -0.15) is 0 Å². The summed E-state index contributed by atoms with van der Waals surface area (Å²) in [6, 6.07) is -5.59. The Morgan fingerprint density at radius 2 is 1.54 bits per heavy atom. The van der Waals surface area contributed by atoms with Crippen molar-refractivity contribution >= 4 is 52.8 Å². The van der Waals surface area contributed by atoms with Crippen molar-refractivity contribution in [2.75, 3.05) is 5.88 Å². The zero-order chi connectivity index (χ0) is 29.7. The lowest BCUT2D eigenvalue weighted by Crippen LogP contribution is -2.58. The molecule has 0 aromatic carbocycles. The molecular weight excluding hydrogens is 540 g/mol. The molecule has 216 valence electrons. The number of nitrogens with zero attached hydrogens (tertiary/aromatic N) is 1. The van der Waals surface area contributed by atoms with E-state index in [9.17, 15) is 33.6 Å². The molecule has 1 rings (SSSR count). The number of imidazole rings is 1. The molecule has 1 heterocycles. The van der Waals surface area contributed by atoms with Crippen LogP contribution in [0.15, 0.2) is 12.5 Å². The van der Waals surface area contributed by atoms with Gasteiger partial charge in [0.1, 0.15) is 18.1 Å². The number of Topliss-reactive ketones (excluding diaryl/α,β-unsaturated/α-hetero) is 2. The van der Waals surface area contributed by atoms with Gasteiger partial charge < -0.3 is 36.9 Å². The van der Waals surface area contributed by atoms with Gasteiger partial charge in [0.05, 0.1) is 24.7 Å². The number of aromatic nitrogens is 2. The van der Waals surface area contributed by atoms with Crippen LogP contribution in [0.25, 0.3) is 0 Å². The van der Waals surface area contributed by atoms with Crippen LogP contribution < -0.4 is 21.7 Å². The van der Waals surface area contributed by atoms with Gasteiger partial charge in [-0.3, -0.25) is 33.6 Å². The fraction of sp³-hybridized carbons (Fsp3) is 0.565. The molecule has 0 aliphatic carbocycles. The van der Waals surface area contributed by atoms with Crippen molar-refractivity contribution in [1.82, 2.24) is 25.9 Å². The molecule has 0 aliphatic rings. The van der Waals surface area contributed by atoms with E-state index in [0.717, 1.165) is 0 Å². The summed E-state index contributed by atoms with van der Waals surface area (Å²) in [6.07, 6.45) is 0.968. The molecule has 0 saturated heterocycles. The number of halogens is 1. The monoisotopic (exact) mass is 572 g/mol. The molecule has 0 radical (unpaired) electrons. The number of carbonyl (C=O) groups excluding carboxylic acids is 5. The van der Waals surface area contributed by atoms with Crippen LogP contribution in [0.3, 0.4) is 0 Å². The first-order chi connectivity index (χ1) is 18.2. The van der Waals surface area contributed by atoms with Gasteiger partial charge in [-0.05, 0) is 18.8 Å². The highest BCUT2D eigenvalue weighted by Gasteiger charge is 2.33. The highest BCUT2D eigenvalue weighted by Crippen LogP contribution is 2.07. The van der Waals surface area contributed by atoms with Crippen molar-refractivity contribution in [3.05, 3.63) is 18.2 Å². The summed E-state index contributed by atoms with van der Waals surface area (Å²) in [5, 5.41) is 25.1. The molecule has 8 N–H and O–H groups in total. The Kier molecular flexibility index (Phi) is 13.8. The number of hydrogen-bond donors (Lipinski definition) is 7. The molecule has 15 nitrogen and oxygen atoms in total. The number of H-pyrrole nitrogens is 1. The summed E-state index contributed by atoms with van der Waals surface area (Å²) >= 11 is 5.38. The number of rotatable bonds is 18. The average Bonchev–Trinajstić information content (AvgIpc) is 3.36.